The number of hydrogen-bond donors (Lipinski definition) is 1. The van der Waals surface area contributed by atoms with Gasteiger partial charge in [0.05, 0.1) is 10.9 Å². The van der Waals surface area contributed by atoms with Crippen LogP contribution in [0.1, 0.15) is 37.2 Å². The summed E-state index contributed by atoms with van der Waals surface area (Å²) in [5.74, 6) is 0.686. The van der Waals surface area contributed by atoms with Crippen LogP contribution in [0.4, 0.5) is 0 Å². The Morgan fingerprint density at radius 3 is 2.53 bits per heavy atom. The molecule has 1 aliphatic carbocycles. The first-order valence-corrected chi connectivity index (χ1v) is 6.26. The van der Waals surface area contributed by atoms with Crippen molar-refractivity contribution in [2.24, 2.45) is 0 Å². The van der Waals surface area contributed by atoms with Crippen LogP contribution in [0.15, 0.2) is 16.9 Å². The molecular weight excluding hydrogens is 212 g/mol. The number of aromatic nitrogens is 2. The summed E-state index contributed by atoms with van der Waals surface area (Å²) in [6, 6.07) is 4.07. The summed E-state index contributed by atoms with van der Waals surface area (Å²) in [6.07, 6.45) is 3.42. The number of aromatic amines is 1. The van der Waals surface area contributed by atoms with Crippen molar-refractivity contribution in [3.8, 4) is 0 Å². The summed E-state index contributed by atoms with van der Waals surface area (Å²) in [6.45, 7) is 5.81. The van der Waals surface area contributed by atoms with Crippen LogP contribution in [0.2, 0.25) is 0 Å². The zero-order valence-electron chi connectivity index (χ0n) is 10.6. The lowest BCUT2D eigenvalue weighted by Crippen LogP contribution is -2.10. The van der Waals surface area contributed by atoms with E-state index in [0.29, 0.717) is 5.82 Å². The van der Waals surface area contributed by atoms with Crippen molar-refractivity contribution in [2.45, 2.75) is 40.0 Å². The zero-order chi connectivity index (χ0) is 12.4. The maximum Gasteiger partial charge on any atom is 0.258 e. The topological polar surface area (TPSA) is 45.8 Å². The van der Waals surface area contributed by atoms with Crippen LogP contribution in [0.5, 0.6) is 0 Å². The lowest BCUT2D eigenvalue weighted by molar-refractivity contribution is 0.912. The summed E-state index contributed by atoms with van der Waals surface area (Å²) in [5.41, 5.74) is 3.49. The van der Waals surface area contributed by atoms with Gasteiger partial charge < -0.3 is 4.98 Å². The molecule has 0 aliphatic heterocycles. The standard InChI is InChI=1S/C12H12N2O.C2H6/c1-7-13-11-6-9-4-2-3-8(9)5-10(11)12(15)14-7;1-2/h5-6H,2-4H2,1H3,(H,13,14,15);1-2H3. The van der Waals surface area contributed by atoms with Crippen molar-refractivity contribution in [3.63, 3.8) is 0 Å². The molecule has 1 N–H and O–H groups in total. The number of nitrogens with one attached hydrogen (secondary N) is 1. The molecule has 3 nitrogen and oxygen atoms in total. The van der Waals surface area contributed by atoms with Crippen molar-refractivity contribution in [1.82, 2.24) is 9.97 Å². The minimum absolute atomic E-state index is 0.0211. The molecule has 1 aromatic carbocycles. The van der Waals surface area contributed by atoms with Crippen LogP contribution >= 0.6 is 0 Å². The summed E-state index contributed by atoms with van der Waals surface area (Å²) in [7, 11) is 0. The molecule has 1 aliphatic rings. The van der Waals surface area contributed by atoms with Crippen molar-refractivity contribution < 1.29 is 0 Å². The number of benzene rings is 1. The van der Waals surface area contributed by atoms with E-state index >= 15 is 0 Å². The molecule has 0 radical (unpaired) electrons. The highest BCUT2D eigenvalue weighted by atomic mass is 16.1. The van der Waals surface area contributed by atoms with Gasteiger partial charge in [-0.1, -0.05) is 13.8 Å². The Bertz CT molecular complexity index is 599. The van der Waals surface area contributed by atoms with Gasteiger partial charge in [-0.3, -0.25) is 4.79 Å². The largest absolute Gasteiger partial charge is 0.310 e. The van der Waals surface area contributed by atoms with Crippen LogP contribution in [0.25, 0.3) is 10.9 Å². The fourth-order valence-electron chi connectivity index (χ4n) is 2.33. The van der Waals surface area contributed by atoms with Crippen LogP contribution in [-0.4, -0.2) is 9.97 Å². The van der Waals surface area contributed by atoms with Gasteiger partial charge in [0.15, 0.2) is 0 Å². The lowest BCUT2D eigenvalue weighted by Gasteiger charge is -2.02. The molecule has 90 valence electrons. The van der Waals surface area contributed by atoms with E-state index in [1.165, 1.54) is 17.5 Å². The number of H-pyrrole nitrogens is 1. The highest BCUT2D eigenvalue weighted by Gasteiger charge is 2.13. The van der Waals surface area contributed by atoms with Gasteiger partial charge in [0, 0.05) is 0 Å². The maximum absolute atomic E-state index is 11.7. The molecule has 3 rings (SSSR count). The minimum atomic E-state index is -0.0211. The fraction of sp³-hybridized carbons (Fsp3) is 0.429. The number of hydrogen-bond acceptors (Lipinski definition) is 2. The molecule has 2 aromatic rings. The molecule has 0 spiro atoms. The van der Waals surface area contributed by atoms with Gasteiger partial charge in [-0.15, -0.1) is 0 Å². The molecule has 0 unspecified atom stereocenters. The molecule has 0 fully saturated rings. The van der Waals surface area contributed by atoms with Crippen LogP contribution in [0.3, 0.4) is 0 Å². The van der Waals surface area contributed by atoms with Crippen molar-refractivity contribution >= 4 is 10.9 Å². The van der Waals surface area contributed by atoms with Crippen molar-refractivity contribution in [3.05, 3.63) is 39.4 Å². The second-order valence-corrected chi connectivity index (χ2v) is 4.14. The molecule has 17 heavy (non-hydrogen) atoms. The highest BCUT2D eigenvalue weighted by molar-refractivity contribution is 5.79. The van der Waals surface area contributed by atoms with Gasteiger partial charge in [0.25, 0.3) is 5.56 Å². The first kappa shape index (κ1) is 11.8. The molecule has 0 amide bonds. The van der Waals surface area contributed by atoms with E-state index in [1.807, 2.05) is 26.8 Å². The quantitative estimate of drug-likeness (QED) is 0.756. The SMILES string of the molecule is CC.Cc1nc2cc3c(cc2c(=O)[nH]1)CCC3. The second-order valence-electron chi connectivity index (χ2n) is 4.14. The average Bonchev–Trinajstić information content (AvgIpc) is 2.76. The van der Waals surface area contributed by atoms with E-state index in [9.17, 15) is 4.79 Å². The Morgan fingerprint density at radius 2 is 1.82 bits per heavy atom. The predicted octanol–water partition coefficient (Wildman–Crippen LogP) is 2.75. The van der Waals surface area contributed by atoms with Crippen molar-refractivity contribution in [2.75, 3.05) is 0 Å². The van der Waals surface area contributed by atoms with Crippen LogP contribution < -0.4 is 5.56 Å². The van der Waals surface area contributed by atoms with E-state index in [-0.39, 0.29) is 5.56 Å². The number of rotatable bonds is 0. The molecule has 0 atom stereocenters. The van der Waals surface area contributed by atoms with Crippen molar-refractivity contribution in [1.29, 1.82) is 0 Å². The Hall–Kier alpha value is -1.64. The molecule has 0 saturated carbocycles. The molecule has 3 heteroatoms. The van der Waals surface area contributed by atoms with E-state index < -0.39 is 0 Å². The lowest BCUT2D eigenvalue weighted by atomic mass is 10.1. The zero-order valence-corrected chi connectivity index (χ0v) is 10.6. The highest BCUT2D eigenvalue weighted by Crippen LogP contribution is 2.24. The predicted molar refractivity (Wildman–Crippen MR) is 70.5 cm³/mol. The summed E-state index contributed by atoms with van der Waals surface area (Å²) >= 11 is 0. The number of nitrogens with zero attached hydrogens (tertiary/aromatic N) is 1. The van der Waals surface area contributed by atoms with Gasteiger partial charge in [-0.25, -0.2) is 4.98 Å². The number of aryl methyl sites for hydroxylation is 3. The first-order chi connectivity index (χ1) is 8.24. The second kappa shape index (κ2) is 4.70. The normalized spacial score (nSPS) is 13.1. The monoisotopic (exact) mass is 230 g/mol. The van der Waals surface area contributed by atoms with E-state index in [1.54, 1.807) is 0 Å². The summed E-state index contributed by atoms with van der Waals surface area (Å²) < 4.78 is 0. The molecule has 0 bridgehead atoms. The minimum Gasteiger partial charge on any atom is -0.310 e. The smallest absolute Gasteiger partial charge is 0.258 e. The molecular formula is C14H18N2O. The fourth-order valence-corrected chi connectivity index (χ4v) is 2.33. The van der Waals surface area contributed by atoms with Gasteiger partial charge in [-0.2, -0.15) is 0 Å². The third kappa shape index (κ3) is 2.09. The number of fused-ring (bicyclic) bond motifs is 2. The maximum atomic E-state index is 11.7. The first-order valence-electron chi connectivity index (χ1n) is 6.26. The molecule has 1 aromatic heterocycles. The third-order valence-electron chi connectivity index (χ3n) is 3.04. The Kier molecular flexibility index (Phi) is 3.27. The van der Waals surface area contributed by atoms with Gasteiger partial charge in [-0.05, 0) is 49.4 Å². The molecule has 0 saturated heterocycles. The van der Waals surface area contributed by atoms with E-state index in [0.717, 1.165) is 23.7 Å². The van der Waals surface area contributed by atoms with Gasteiger partial charge >= 0.3 is 0 Å². The van der Waals surface area contributed by atoms with Gasteiger partial charge in [0.2, 0.25) is 0 Å². The Balaban J connectivity index is 0.000000514. The van der Waals surface area contributed by atoms with Crippen LogP contribution in [0, 0.1) is 6.92 Å². The average molecular weight is 230 g/mol. The summed E-state index contributed by atoms with van der Waals surface area (Å²) in [5, 5.41) is 0.723. The van der Waals surface area contributed by atoms with Gasteiger partial charge in [0.1, 0.15) is 5.82 Å². The van der Waals surface area contributed by atoms with E-state index in [2.05, 4.69) is 16.0 Å². The molecule has 1 heterocycles. The van der Waals surface area contributed by atoms with E-state index in [4.69, 9.17) is 0 Å². The summed E-state index contributed by atoms with van der Waals surface area (Å²) in [4.78, 5) is 18.8. The third-order valence-corrected chi connectivity index (χ3v) is 3.04. The van der Waals surface area contributed by atoms with Crippen LogP contribution in [-0.2, 0) is 12.8 Å². The Morgan fingerprint density at radius 1 is 1.18 bits per heavy atom. The Labute approximate surface area is 101 Å².